The molecule has 0 saturated carbocycles. The maximum Gasteiger partial charge on any atom is 0.186 e. The van der Waals surface area contributed by atoms with Gasteiger partial charge < -0.3 is 23.8 Å². The van der Waals surface area contributed by atoms with Crippen LogP contribution in [0.15, 0.2) is 0 Å². The average Bonchev–Trinajstić information content (AvgIpc) is 2.86. The van der Waals surface area contributed by atoms with Crippen LogP contribution in [0.2, 0.25) is 0 Å². The molecule has 0 aromatic heterocycles. The Kier molecular flexibility index (Phi) is 4.08. The first-order chi connectivity index (χ1) is 9.48. The summed E-state index contributed by atoms with van der Waals surface area (Å²) in [5, 5.41) is 0. The van der Waals surface area contributed by atoms with Gasteiger partial charge in [-0.15, -0.1) is 0 Å². The summed E-state index contributed by atoms with van der Waals surface area (Å²) < 4.78 is 23.3. The van der Waals surface area contributed by atoms with Gasteiger partial charge in [0.25, 0.3) is 0 Å². The Hall–Kier alpha value is -0.200. The van der Waals surface area contributed by atoms with Crippen molar-refractivity contribution in [1.82, 2.24) is 4.90 Å². The van der Waals surface area contributed by atoms with Crippen molar-refractivity contribution in [2.75, 3.05) is 26.7 Å². The lowest BCUT2D eigenvalue weighted by atomic mass is 9.98. The van der Waals surface area contributed by atoms with Crippen LogP contribution in [0.1, 0.15) is 33.6 Å². The van der Waals surface area contributed by atoms with Crippen molar-refractivity contribution < 1.29 is 18.9 Å². The second kappa shape index (κ2) is 5.54. The molecule has 0 radical (unpaired) electrons. The van der Waals surface area contributed by atoms with E-state index >= 15 is 0 Å². The number of ether oxygens (including phenoxy) is 4. The van der Waals surface area contributed by atoms with Gasteiger partial charge in [0, 0.05) is 13.7 Å². The van der Waals surface area contributed by atoms with Gasteiger partial charge in [-0.2, -0.15) is 0 Å². The molecule has 116 valence electrons. The molecule has 3 aliphatic heterocycles. The van der Waals surface area contributed by atoms with Gasteiger partial charge in [0.15, 0.2) is 12.1 Å². The van der Waals surface area contributed by atoms with E-state index in [1.807, 2.05) is 13.8 Å². The summed E-state index contributed by atoms with van der Waals surface area (Å²) in [4.78, 5) is 2.48. The lowest BCUT2D eigenvalue weighted by Crippen LogP contribution is -2.43. The molecule has 3 heterocycles. The maximum atomic E-state index is 6.03. The Balaban J connectivity index is 1.62. The molecule has 3 fully saturated rings. The fourth-order valence-corrected chi connectivity index (χ4v) is 3.48. The van der Waals surface area contributed by atoms with Gasteiger partial charge in [-0.25, -0.2) is 0 Å². The Morgan fingerprint density at radius 3 is 2.45 bits per heavy atom. The van der Waals surface area contributed by atoms with Crippen LogP contribution in [-0.2, 0) is 18.9 Å². The summed E-state index contributed by atoms with van der Waals surface area (Å²) in [6.07, 6.45) is 2.16. The van der Waals surface area contributed by atoms with E-state index in [1.54, 1.807) is 7.11 Å². The van der Waals surface area contributed by atoms with E-state index in [0.717, 1.165) is 25.6 Å². The number of nitrogens with zero attached hydrogens (tertiary/aromatic N) is 1. The van der Waals surface area contributed by atoms with Gasteiger partial charge in [0.05, 0.1) is 0 Å². The average molecular weight is 285 g/mol. The predicted molar refractivity (Wildman–Crippen MR) is 74.3 cm³/mol. The first-order valence-electron chi connectivity index (χ1n) is 7.75. The van der Waals surface area contributed by atoms with E-state index in [1.165, 1.54) is 12.8 Å². The largest absolute Gasteiger partial charge is 0.353 e. The number of hydrogen-bond acceptors (Lipinski definition) is 5. The molecular formula is C15H27NO4. The van der Waals surface area contributed by atoms with E-state index in [0.29, 0.717) is 0 Å². The summed E-state index contributed by atoms with van der Waals surface area (Å²) >= 11 is 0. The first-order valence-corrected chi connectivity index (χ1v) is 7.75. The van der Waals surface area contributed by atoms with Gasteiger partial charge in [-0.05, 0) is 45.7 Å². The monoisotopic (exact) mass is 285 g/mol. The molecule has 0 aromatic rings. The zero-order chi connectivity index (χ0) is 14.3. The molecule has 5 heteroatoms. The molecule has 3 rings (SSSR count). The highest BCUT2D eigenvalue weighted by Crippen LogP contribution is 2.39. The minimum Gasteiger partial charge on any atom is -0.353 e. The molecule has 0 amide bonds. The summed E-state index contributed by atoms with van der Waals surface area (Å²) in [6, 6.07) is 0. The van der Waals surface area contributed by atoms with Crippen LogP contribution in [0.25, 0.3) is 0 Å². The van der Waals surface area contributed by atoms with Crippen molar-refractivity contribution in [2.24, 2.45) is 5.92 Å². The highest BCUT2D eigenvalue weighted by Gasteiger charge is 2.55. The van der Waals surface area contributed by atoms with Gasteiger partial charge >= 0.3 is 0 Å². The molecule has 4 atom stereocenters. The highest BCUT2D eigenvalue weighted by molar-refractivity contribution is 4.96. The lowest BCUT2D eigenvalue weighted by molar-refractivity contribution is -0.228. The molecule has 20 heavy (non-hydrogen) atoms. The normalized spacial score (nSPS) is 42.0. The number of hydrogen-bond donors (Lipinski definition) is 0. The summed E-state index contributed by atoms with van der Waals surface area (Å²) in [6.45, 7) is 9.46. The van der Waals surface area contributed by atoms with E-state index < -0.39 is 5.79 Å². The molecule has 3 saturated heterocycles. The van der Waals surface area contributed by atoms with Crippen molar-refractivity contribution in [2.45, 2.75) is 64.0 Å². The topological polar surface area (TPSA) is 40.2 Å². The molecule has 0 bridgehead atoms. The van der Waals surface area contributed by atoms with Crippen molar-refractivity contribution in [3.63, 3.8) is 0 Å². The van der Waals surface area contributed by atoms with E-state index in [4.69, 9.17) is 18.9 Å². The van der Waals surface area contributed by atoms with Crippen molar-refractivity contribution in [3.8, 4) is 0 Å². The molecule has 0 aliphatic carbocycles. The van der Waals surface area contributed by atoms with Crippen LogP contribution in [-0.4, -0.2) is 62.0 Å². The van der Waals surface area contributed by atoms with Crippen LogP contribution in [0.5, 0.6) is 0 Å². The zero-order valence-electron chi connectivity index (χ0n) is 13.0. The predicted octanol–water partition coefficient (Wildman–Crippen LogP) is 1.61. The minimum absolute atomic E-state index is 0.0192. The SMILES string of the molecule is CO[C@@H]1O[C@H](CN2CCC(C)CC2)[C@H]2OC(C)(C)O[C@@H]12. The lowest BCUT2D eigenvalue weighted by Gasteiger charge is -2.33. The number of rotatable bonds is 3. The molecule has 0 aromatic carbocycles. The molecule has 3 aliphatic rings. The molecular weight excluding hydrogens is 258 g/mol. The quantitative estimate of drug-likeness (QED) is 0.788. The number of piperidine rings is 1. The fourth-order valence-electron chi connectivity index (χ4n) is 3.48. The standard InChI is InChI=1S/C15H27NO4/c1-10-5-7-16(8-6-10)9-11-12-13(14(17-4)18-11)20-15(2,3)19-12/h10-14H,5-9H2,1-4H3/t11-,12-,13-,14-/m1/s1. The van der Waals surface area contributed by atoms with E-state index in [-0.39, 0.29) is 24.6 Å². The van der Waals surface area contributed by atoms with E-state index in [2.05, 4.69) is 11.8 Å². The van der Waals surface area contributed by atoms with E-state index in [9.17, 15) is 0 Å². The van der Waals surface area contributed by atoms with Gasteiger partial charge in [-0.1, -0.05) is 6.92 Å². The number of likely N-dealkylation sites (tertiary alicyclic amines) is 1. The Morgan fingerprint density at radius 1 is 1.15 bits per heavy atom. The molecule has 5 nitrogen and oxygen atoms in total. The van der Waals surface area contributed by atoms with Crippen LogP contribution >= 0.6 is 0 Å². The van der Waals surface area contributed by atoms with Crippen molar-refractivity contribution in [1.29, 1.82) is 0 Å². The zero-order valence-corrected chi connectivity index (χ0v) is 13.0. The molecule has 0 unspecified atom stereocenters. The Bertz CT molecular complexity index is 341. The summed E-state index contributed by atoms with van der Waals surface area (Å²) in [5.74, 6) is 0.310. The smallest absolute Gasteiger partial charge is 0.186 e. The Labute approximate surface area is 121 Å². The third kappa shape index (κ3) is 2.88. The van der Waals surface area contributed by atoms with Crippen LogP contribution < -0.4 is 0 Å². The minimum atomic E-state index is -0.537. The number of fused-ring (bicyclic) bond motifs is 1. The summed E-state index contributed by atoms with van der Waals surface area (Å²) in [7, 11) is 1.67. The van der Waals surface area contributed by atoms with Crippen molar-refractivity contribution in [3.05, 3.63) is 0 Å². The van der Waals surface area contributed by atoms with Gasteiger partial charge in [0.2, 0.25) is 0 Å². The molecule has 0 N–H and O–H groups in total. The van der Waals surface area contributed by atoms with Crippen LogP contribution in [0.4, 0.5) is 0 Å². The van der Waals surface area contributed by atoms with Crippen molar-refractivity contribution >= 4 is 0 Å². The molecule has 0 spiro atoms. The van der Waals surface area contributed by atoms with Crippen LogP contribution in [0, 0.1) is 5.92 Å². The Morgan fingerprint density at radius 2 is 1.80 bits per heavy atom. The highest BCUT2D eigenvalue weighted by atomic mass is 16.8. The van der Waals surface area contributed by atoms with Crippen LogP contribution in [0.3, 0.4) is 0 Å². The van der Waals surface area contributed by atoms with Gasteiger partial charge in [0.1, 0.15) is 18.3 Å². The maximum absolute atomic E-state index is 6.03. The number of methoxy groups -OCH3 is 1. The third-order valence-electron chi connectivity index (χ3n) is 4.65. The second-order valence-corrected chi connectivity index (χ2v) is 6.83. The second-order valence-electron chi connectivity index (χ2n) is 6.83. The fraction of sp³-hybridized carbons (Fsp3) is 1.00. The summed E-state index contributed by atoms with van der Waals surface area (Å²) in [5.41, 5.74) is 0. The van der Waals surface area contributed by atoms with Gasteiger partial charge in [-0.3, -0.25) is 0 Å². The first kappa shape index (κ1) is 14.7. The third-order valence-corrected chi connectivity index (χ3v) is 4.65.